The molecule has 1 aromatic rings. The van der Waals surface area contributed by atoms with E-state index in [0.29, 0.717) is 6.54 Å². The van der Waals surface area contributed by atoms with Crippen LogP contribution in [0.4, 0.5) is 0 Å². The second-order valence-corrected chi connectivity index (χ2v) is 7.59. The van der Waals surface area contributed by atoms with Crippen LogP contribution in [0.1, 0.15) is 44.6 Å². The van der Waals surface area contributed by atoms with E-state index in [9.17, 15) is 4.79 Å². The van der Waals surface area contributed by atoms with Gasteiger partial charge in [-0.25, -0.2) is 0 Å². The number of carbonyl (C=O) groups excluding carboxylic acids is 1. The molecule has 0 aliphatic carbocycles. The molecule has 3 rings (SSSR count). The van der Waals surface area contributed by atoms with Gasteiger partial charge in [0.25, 0.3) is 0 Å². The second kappa shape index (κ2) is 9.35. The Hall–Kier alpha value is -1.39. The Morgan fingerprint density at radius 2 is 1.72 bits per heavy atom. The molecular weight excluding hydrogens is 310 g/mol. The lowest BCUT2D eigenvalue weighted by Crippen LogP contribution is -2.49. The van der Waals surface area contributed by atoms with Crippen molar-refractivity contribution in [1.29, 1.82) is 0 Å². The summed E-state index contributed by atoms with van der Waals surface area (Å²) in [5.74, 6) is 0.432. The zero-order valence-electron chi connectivity index (χ0n) is 15.6. The van der Waals surface area contributed by atoms with Crippen LogP contribution in [0.15, 0.2) is 30.3 Å². The lowest BCUT2D eigenvalue weighted by Gasteiger charge is -2.41. The first-order valence-corrected chi connectivity index (χ1v) is 10.0. The first-order chi connectivity index (χ1) is 12.3. The van der Waals surface area contributed by atoms with Gasteiger partial charge in [0, 0.05) is 18.5 Å². The molecule has 2 aliphatic rings. The summed E-state index contributed by atoms with van der Waals surface area (Å²) in [6.45, 7) is 8.82. The van der Waals surface area contributed by atoms with Crippen LogP contribution in [0.5, 0.6) is 0 Å². The minimum Gasteiger partial charge on any atom is -0.352 e. The van der Waals surface area contributed by atoms with Crippen LogP contribution in [0.3, 0.4) is 0 Å². The monoisotopic (exact) mass is 343 g/mol. The molecule has 1 aromatic carbocycles. The standard InChI is InChI=1S/C21H33N3O/c1-2-12-23-13-10-20(11-14-23)24-15-8-19(9-16-24)21(25)22-17-18-6-4-3-5-7-18/h3-7,19-20H,2,8-17H2,1H3,(H,22,25). The number of piperidine rings is 2. The molecule has 0 atom stereocenters. The number of rotatable bonds is 6. The molecule has 1 amide bonds. The molecule has 2 heterocycles. The molecule has 25 heavy (non-hydrogen) atoms. The molecule has 0 radical (unpaired) electrons. The maximum Gasteiger partial charge on any atom is 0.223 e. The van der Waals surface area contributed by atoms with Crippen LogP contribution in [-0.2, 0) is 11.3 Å². The van der Waals surface area contributed by atoms with Gasteiger partial charge in [-0.15, -0.1) is 0 Å². The van der Waals surface area contributed by atoms with Crippen molar-refractivity contribution >= 4 is 5.91 Å². The number of nitrogens with one attached hydrogen (secondary N) is 1. The molecule has 2 saturated heterocycles. The Labute approximate surface area is 152 Å². The van der Waals surface area contributed by atoms with Crippen molar-refractivity contribution in [3.63, 3.8) is 0 Å². The van der Waals surface area contributed by atoms with E-state index in [0.717, 1.165) is 32.0 Å². The van der Waals surface area contributed by atoms with Crippen LogP contribution < -0.4 is 5.32 Å². The van der Waals surface area contributed by atoms with E-state index < -0.39 is 0 Å². The van der Waals surface area contributed by atoms with Gasteiger partial charge in [-0.05, 0) is 70.4 Å². The summed E-state index contributed by atoms with van der Waals surface area (Å²) in [5.41, 5.74) is 1.17. The van der Waals surface area contributed by atoms with Gasteiger partial charge in [-0.3, -0.25) is 4.79 Å². The molecule has 138 valence electrons. The number of likely N-dealkylation sites (tertiary alicyclic amines) is 2. The van der Waals surface area contributed by atoms with Gasteiger partial charge >= 0.3 is 0 Å². The second-order valence-electron chi connectivity index (χ2n) is 7.59. The van der Waals surface area contributed by atoms with Crippen molar-refractivity contribution in [3.05, 3.63) is 35.9 Å². The van der Waals surface area contributed by atoms with Crippen molar-refractivity contribution in [2.24, 2.45) is 5.92 Å². The van der Waals surface area contributed by atoms with E-state index in [4.69, 9.17) is 0 Å². The van der Waals surface area contributed by atoms with Crippen LogP contribution in [-0.4, -0.2) is 54.5 Å². The van der Waals surface area contributed by atoms with Crippen molar-refractivity contribution < 1.29 is 4.79 Å². The van der Waals surface area contributed by atoms with Gasteiger partial charge in [0.15, 0.2) is 0 Å². The third-order valence-electron chi connectivity index (χ3n) is 5.82. The van der Waals surface area contributed by atoms with Crippen LogP contribution in [0.25, 0.3) is 0 Å². The Kier molecular flexibility index (Phi) is 6.88. The zero-order chi connectivity index (χ0) is 17.5. The van der Waals surface area contributed by atoms with Gasteiger partial charge in [-0.2, -0.15) is 0 Å². The SMILES string of the molecule is CCCN1CCC(N2CCC(C(=O)NCc3ccccc3)CC2)CC1. The lowest BCUT2D eigenvalue weighted by molar-refractivity contribution is -0.126. The van der Waals surface area contributed by atoms with Gasteiger partial charge in [0.2, 0.25) is 5.91 Å². The van der Waals surface area contributed by atoms with E-state index in [-0.39, 0.29) is 11.8 Å². The highest BCUT2D eigenvalue weighted by atomic mass is 16.1. The van der Waals surface area contributed by atoms with Crippen molar-refractivity contribution in [3.8, 4) is 0 Å². The van der Waals surface area contributed by atoms with Crippen molar-refractivity contribution in [2.45, 2.75) is 51.6 Å². The van der Waals surface area contributed by atoms with Crippen molar-refractivity contribution in [2.75, 3.05) is 32.7 Å². The summed E-state index contributed by atoms with van der Waals surface area (Å²) in [6.07, 6.45) is 5.87. The van der Waals surface area contributed by atoms with E-state index in [2.05, 4.69) is 34.2 Å². The van der Waals surface area contributed by atoms with Crippen LogP contribution in [0.2, 0.25) is 0 Å². The molecule has 0 spiro atoms. The zero-order valence-corrected chi connectivity index (χ0v) is 15.6. The summed E-state index contributed by atoms with van der Waals surface area (Å²) >= 11 is 0. The minimum absolute atomic E-state index is 0.195. The Bertz CT molecular complexity index is 517. The van der Waals surface area contributed by atoms with Crippen LogP contribution >= 0.6 is 0 Å². The lowest BCUT2D eigenvalue weighted by atomic mass is 9.92. The Morgan fingerprint density at radius 1 is 1.04 bits per heavy atom. The fourth-order valence-electron chi connectivity index (χ4n) is 4.28. The molecule has 0 unspecified atom stereocenters. The third kappa shape index (κ3) is 5.29. The molecule has 0 aromatic heterocycles. The number of amides is 1. The summed E-state index contributed by atoms with van der Waals surface area (Å²) in [4.78, 5) is 17.7. The predicted octanol–water partition coefficient (Wildman–Crippen LogP) is 2.89. The molecule has 2 fully saturated rings. The van der Waals surface area contributed by atoms with E-state index in [1.165, 1.54) is 44.5 Å². The van der Waals surface area contributed by atoms with Gasteiger partial charge < -0.3 is 15.1 Å². The summed E-state index contributed by atoms with van der Waals surface area (Å²) in [5, 5.41) is 3.12. The maximum atomic E-state index is 12.4. The summed E-state index contributed by atoms with van der Waals surface area (Å²) in [6, 6.07) is 10.9. The summed E-state index contributed by atoms with van der Waals surface area (Å²) < 4.78 is 0. The fraction of sp³-hybridized carbons (Fsp3) is 0.667. The quantitative estimate of drug-likeness (QED) is 0.863. The van der Waals surface area contributed by atoms with E-state index in [1.54, 1.807) is 0 Å². The number of benzene rings is 1. The maximum absolute atomic E-state index is 12.4. The van der Waals surface area contributed by atoms with Crippen molar-refractivity contribution in [1.82, 2.24) is 15.1 Å². The Balaban J connectivity index is 1.37. The highest BCUT2D eigenvalue weighted by molar-refractivity contribution is 5.78. The Morgan fingerprint density at radius 3 is 2.36 bits per heavy atom. The van der Waals surface area contributed by atoms with Gasteiger partial charge in [-0.1, -0.05) is 37.3 Å². The smallest absolute Gasteiger partial charge is 0.223 e. The highest BCUT2D eigenvalue weighted by Gasteiger charge is 2.30. The normalized spacial score (nSPS) is 21.3. The molecule has 0 bridgehead atoms. The molecule has 4 nitrogen and oxygen atoms in total. The topological polar surface area (TPSA) is 35.6 Å². The van der Waals surface area contributed by atoms with E-state index >= 15 is 0 Å². The largest absolute Gasteiger partial charge is 0.352 e. The minimum atomic E-state index is 0.195. The van der Waals surface area contributed by atoms with Gasteiger partial charge in [0.1, 0.15) is 0 Å². The number of hydrogen-bond acceptors (Lipinski definition) is 3. The first kappa shape index (κ1) is 18.4. The van der Waals surface area contributed by atoms with Crippen LogP contribution in [0, 0.1) is 5.92 Å². The molecule has 2 aliphatic heterocycles. The average molecular weight is 344 g/mol. The average Bonchev–Trinajstić information content (AvgIpc) is 2.68. The fourth-order valence-corrected chi connectivity index (χ4v) is 4.28. The summed E-state index contributed by atoms with van der Waals surface area (Å²) in [7, 11) is 0. The first-order valence-electron chi connectivity index (χ1n) is 10.0. The van der Waals surface area contributed by atoms with Gasteiger partial charge in [0.05, 0.1) is 0 Å². The molecule has 4 heteroatoms. The number of nitrogens with zero attached hydrogens (tertiary/aromatic N) is 2. The predicted molar refractivity (Wildman–Crippen MR) is 102 cm³/mol. The molecule has 0 saturated carbocycles. The molecular formula is C21H33N3O. The highest BCUT2D eigenvalue weighted by Crippen LogP contribution is 2.24. The molecule has 1 N–H and O–H groups in total. The third-order valence-corrected chi connectivity index (χ3v) is 5.82. The number of hydrogen-bond donors (Lipinski definition) is 1. The van der Waals surface area contributed by atoms with E-state index in [1.807, 2.05) is 18.2 Å². The number of carbonyl (C=O) groups is 1.